The Labute approximate surface area is 105 Å². The van der Waals surface area contributed by atoms with Crippen LogP contribution in [0.25, 0.3) is 0 Å². The number of hydrogen-bond donors (Lipinski definition) is 0. The molecule has 0 saturated heterocycles. The van der Waals surface area contributed by atoms with Crippen LogP contribution >= 0.6 is 11.6 Å². The molecule has 2 nitrogen and oxygen atoms in total. The van der Waals surface area contributed by atoms with Crippen molar-refractivity contribution in [3.63, 3.8) is 0 Å². The number of ether oxygens (including phenoxy) is 1. The second-order valence-electron chi connectivity index (χ2n) is 3.47. The normalized spacial score (nSPS) is 13.5. The second kappa shape index (κ2) is 5.56. The molecule has 0 amide bonds. The highest BCUT2D eigenvalue weighted by molar-refractivity contribution is 6.33. The van der Waals surface area contributed by atoms with Crippen molar-refractivity contribution in [2.45, 2.75) is 24.8 Å². The van der Waals surface area contributed by atoms with Crippen LogP contribution in [0.5, 0.6) is 5.75 Å². The molecule has 100 valence electrons. The Morgan fingerprint density at radius 2 is 2.00 bits per heavy atom. The summed E-state index contributed by atoms with van der Waals surface area (Å²) >= 11 is 5.54. The number of benzene rings is 1. The summed E-state index contributed by atoms with van der Waals surface area (Å²) in [7, 11) is 0. The maximum atomic E-state index is 12.6. The van der Waals surface area contributed by atoms with Gasteiger partial charge in [0.15, 0.2) is 5.78 Å². The van der Waals surface area contributed by atoms with Crippen LogP contribution in [-0.2, 0) is 0 Å². The van der Waals surface area contributed by atoms with E-state index in [4.69, 9.17) is 11.6 Å². The van der Waals surface area contributed by atoms with Crippen LogP contribution < -0.4 is 4.74 Å². The van der Waals surface area contributed by atoms with Crippen molar-refractivity contribution in [2.24, 2.45) is 0 Å². The molecule has 7 heteroatoms. The summed E-state index contributed by atoms with van der Waals surface area (Å²) in [4.78, 5) is 11.5. The number of carbonyl (C=O) groups excluding carboxylic acids is 1. The van der Waals surface area contributed by atoms with Gasteiger partial charge in [-0.2, -0.15) is 17.6 Å². The zero-order valence-corrected chi connectivity index (χ0v) is 9.93. The second-order valence-corrected chi connectivity index (χ2v) is 4.13. The molecule has 0 aliphatic carbocycles. The van der Waals surface area contributed by atoms with Crippen molar-refractivity contribution in [1.29, 1.82) is 0 Å². The van der Waals surface area contributed by atoms with E-state index in [2.05, 4.69) is 4.74 Å². The Hall–Kier alpha value is -1.30. The van der Waals surface area contributed by atoms with Gasteiger partial charge in [-0.25, -0.2) is 0 Å². The number of Topliss-reactive ketones (excluding diaryl/α,β-unsaturated/α-hetero) is 1. The van der Waals surface area contributed by atoms with Gasteiger partial charge in [-0.3, -0.25) is 4.79 Å². The van der Waals surface area contributed by atoms with E-state index in [1.807, 2.05) is 0 Å². The maximum absolute atomic E-state index is 12.6. The lowest BCUT2D eigenvalue weighted by Gasteiger charge is -2.17. The van der Waals surface area contributed by atoms with Crippen molar-refractivity contribution in [2.75, 3.05) is 0 Å². The minimum atomic E-state index is -4.60. The zero-order valence-electron chi connectivity index (χ0n) is 9.17. The molecule has 0 radical (unpaired) electrons. The molecule has 1 atom stereocenters. The molecule has 0 fully saturated rings. The van der Waals surface area contributed by atoms with Crippen molar-refractivity contribution >= 4 is 17.4 Å². The highest BCUT2D eigenvalue weighted by atomic mass is 35.5. The van der Waals surface area contributed by atoms with E-state index in [1.54, 1.807) is 0 Å². The molecule has 0 bridgehead atoms. The molecule has 0 aliphatic heterocycles. The summed E-state index contributed by atoms with van der Waals surface area (Å²) in [6.07, 6.45) is -8.56. The lowest BCUT2D eigenvalue weighted by Crippen LogP contribution is -2.33. The van der Waals surface area contributed by atoms with Crippen molar-refractivity contribution in [3.8, 4) is 5.75 Å². The maximum Gasteiger partial charge on any atom is 0.461 e. The van der Waals surface area contributed by atoms with Gasteiger partial charge in [0, 0.05) is 5.56 Å². The summed E-state index contributed by atoms with van der Waals surface area (Å²) in [5, 5.41) is -0.851. The van der Waals surface area contributed by atoms with E-state index in [-0.39, 0.29) is 5.56 Å². The molecule has 1 unspecified atom stereocenters. The quantitative estimate of drug-likeness (QED) is 0.468. The lowest BCUT2D eigenvalue weighted by molar-refractivity contribution is -0.253. The summed E-state index contributed by atoms with van der Waals surface area (Å²) in [5.74, 6) is -1.04. The predicted octanol–water partition coefficient (Wildman–Crippen LogP) is 3.73. The fraction of sp³-hybridized carbons (Fsp3) is 0.364. The first-order valence-electron chi connectivity index (χ1n) is 4.87. The molecule has 0 spiro atoms. The van der Waals surface area contributed by atoms with Gasteiger partial charge in [0.25, 0.3) is 0 Å². The van der Waals surface area contributed by atoms with Crippen LogP contribution in [0.4, 0.5) is 17.6 Å². The van der Waals surface area contributed by atoms with Crippen molar-refractivity contribution < 1.29 is 27.1 Å². The average molecular weight is 285 g/mol. The van der Waals surface area contributed by atoms with Crippen LogP contribution in [0, 0.1) is 0 Å². The van der Waals surface area contributed by atoms with E-state index >= 15 is 0 Å². The number of alkyl halides is 5. The first-order chi connectivity index (χ1) is 8.24. The van der Waals surface area contributed by atoms with Crippen molar-refractivity contribution in [3.05, 3.63) is 29.8 Å². The Bertz CT molecular complexity index is 435. The highest BCUT2D eigenvalue weighted by Gasteiger charge is 2.44. The largest absolute Gasteiger partial charge is 0.461 e. The van der Waals surface area contributed by atoms with Crippen LogP contribution in [0.1, 0.15) is 17.3 Å². The van der Waals surface area contributed by atoms with E-state index in [1.165, 1.54) is 19.1 Å². The van der Waals surface area contributed by atoms with Gasteiger partial charge in [0.05, 0.1) is 5.38 Å². The van der Waals surface area contributed by atoms with Crippen molar-refractivity contribution in [1.82, 2.24) is 0 Å². The van der Waals surface area contributed by atoms with Gasteiger partial charge in [0.2, 0.25) is 0 Å². The smallest absolute Gasteiger partial charge is 0.428 e. The van der Waals surface area contributed by atoms with Gasteiger partial charge in [-0.15, -0.1) is 11.6 Å². The Kier molecular flexibility index (Phi) is 4.56. The van der Waals surface area contributed by atoms with Gasteiger partial charge in [-0.05, 0) is 19.1 Å². The minimum absolute atomic E-state index is 0.0140. The Morgan fingerprint density at radius 1 is 1.39 bits per heavy atom. The van der Waals surface area contributed by atoms with E-state index in [9.17, 15) is 22.4 Å². The van der Waals surface area contributed by atoms with Gasteiger partial charge in [0.1, 0.15) is 5.75 Å². The molecule has 1 aromatic carbocycles. The van der Waals surface area contributed by atoms with E-state index in [0.717, 1.165) is 12.1 Å². The molecule has 0 N–H and O–H groups in total. The van der Waals surface area contributed by atoms with Gasteiger partial charge >= 0.3 is 12.5 Å². The predicted molar refractivity (Wildman–Crippen MR) is 57.7 cm³/mol. The monoisotopic (exact) mass is 284 g/mol. The van der Waals surface area contributed by atoms with Crippen LogP contribution in [0.3, 0.4) is 0 Å². The van der Waals surface area contributed by atoms with Gasteiger partial charge < -0.3 is 4.74 Å². The molecule has 0 aliphatic rings. The molecule has 0 saturated carbocycles. The topological polar surface area (TPSA) is 26.3 Å². The number of halogens is 5. The number of hydrogen-bond acceptors (Lipinski definition) is 2. The molecule has 18 heavy (non-hydrogen) atoms. The fourth-order valence-electron chi connectivity index (χ4n) is 1.14. The summed E-state index contributed by atoms with van der Waals surface area (Å²) in [6, 6.07) is 4.56. The minimum Gasteiger partial charge on any atom is -0.428 e. The molecule has 1 aromatic rings. The lowest BCUT2D eigenvalue weighted by atomic mass is 10.1. The Morgan fingerprint density at radius 3 is 2.50 bits per heavy atom. The van der Waals surface area contributed by atoms with Crippen LogP contribution in [-0.4, -0.2) is 23.7 Å². The summed E-state index contributed by atoms with van der Waals surface area (Å²) in [6.45, 7) is 1.41. The zero-order chi connectivity index (χ0) is 13.9. The van der Waals surface area contributed by atoms with E-state index < -0.39 is 29.4 Å². The summed E-state index contributed by atoms with van der Waals surface area (Å²) in [5.41, 5.74) is 0.0140. The fourth-order valence-corrected chi connectivity index (χ4v) is 1.27. The average Bonchev–Trinajstić information content (AvgIpc) is 2.27. The SMILES string of the molecule is CC(Cl)C(=O)c1cccc(OC(F)(F)C(F)F)c1. The first kappa shape index (κ1) is 14.8. The first-order valence-corrected chi connectivity index (χ1v) is 5.31. The standard InChI is InChI=1S/C11H9ClF4O2/c1-6(12)9(17)7-3-2-4-8(5-7)18-11(15,16)10(13)14/h2-6,10H,1H3. The molecule has 1 rings (SSSR count). The molecule has 0 aromatic heterocycles. The van der Waals surface area contributed by atoms with Crippen LogP contribution in [0.2, 0.25) is 0 Å². The number of rotatable bonds is 5. The van der Waals surface area contributed by atoms with E-state index in [0.29, 0.717) is 0 Å². The molecular weight excluding hydrogens is 276 g/mol. The Balaban J connectivity index is 2.93. The third kappa shape index (κ3) is 3.60. The number of carbonyl (C=O) groups is 1. The third-order valence-corrected chi connectivity index (χ3v) is 2.19. The van der Waals surface area contributed by atoms with Gasteiger partial charge in [-0.1, -0.05) is 12.1 Å². The molecular formula is C11H9ClF4O2. The van der Waals surface area contributed by atoms with Crippen LogP contribution in [0.15, 0.2) is 24.3 Å². The highest BCUT2D eigenvalue weighted by Crippen LogP contribution is 2.28. The third-order valence-electron chi connectivity index (χ3n) is 1.99. The summed E-state index contributed by atoms with van der Waals surface area (Å²) < 4.78 is 53.0. The number of ketones is 1. The molecule has 0 heterocycles.